The molecule has 0 bridgehead atoms. The Kier molecular flexibility index (Phi) is 10.0. The first kappa shape index (κ1) is 23.0. The average Bonchev–Trinajstić information content (AvgIpc) is 2.83. The summed E-state index contributed by atoms with van der Waals surface area (Å²) in [5.74, 6) is 1.31. The van der Waals surface area contributed by atoms with Crippen molar-refractivity contribution in [3.8, 4) is 11.5 Å². The van der Waals surface area contributed by atoms with Crippen molar-refractivity contribution >= 4 is 5.97 Å². The molecule has 0 radical (unpaired) electrons. The van der Waals surface area contributed by atoms with E-state index in [0.29, 0.717) is 18.8 Å². The van der Waals surface area contributed by atoms with Crippen LogP contribution >= 0.6 is 0 Å². The Balaban J connectivity index is 0.00000155. The summed E-state index contributed by atoms with van der Waals surface area (Å²) in [7, 11) is 1.38. The number of hydrogen-bond acceptors (Lipinski definition) is 4. The zero-order valence-corrected chi connectivity index (χ0v) is 18.0. The van der Waals surface area contributed by atoms with Crippen LogP contribution in [0.4, 0.5) is 0 Å². The number of ether oxygens (including phenoxy) is 3. The molecule has 0 N–H and O–H groups in total. The predicted molar refractivity (Wildman–Crippen MR) is 120 cm³/mol. The molecule has 4 nitrogen and oxygen atoms in total. The third-order valence-corrected chi connectivity index (χ3v) is 4.36. The minimum absolute atomic E-state index is 0.315. The average molecular weight is 407 g/mol. The van der Waals surface area contributed by atoms with Crippen LogP contribution in [0.25, 0.3) is 0 Å². The summed E-state index contributed by atoms with van der Waals surface area (Å²) in [5, 5.41) is 0. The Morgan fingerprint density at radius 2 is 1.40 bits per heavy atom. The molecule has 0 aromatic heterocycles. The maximum absolute atomic E-state index is 11.8. The van der Waals surface area contributed by atoms with Crippen molar-refractivity contribution in [2.45, 2.75) is 33.3 Å². The molecular formula is C26H30O4. The number of para-hydroxylation sites is 1. The van der Waals surface area contributed by atoms with Gasteiger partial charge in [0.05, 0.1) is 19.3 Å². The summed E-state index contributed by atoms with van der Waals surface area (Å²) in [6, 6.07) is 25.2. The molecular weight excluding hydrogens is 376 g/mol. The second-order valence-electron chi connectivity index (χ2n) is 6.35. The van der Waals surface area contributed by atoms with E-state index in [0.717, 1.165) is 29.9 Å². The molecule has 0 aliphatic carbocycles. The van der Waals surface area contributed by atoms with E-state index in [9.17, 15) is 4.79 Å². The molecule has 3 aromatic carbocycles. The second-order valence-corrected chi connectivity index (χ2v) is 6.35. The molecule has 0 saturated carbocycles. The minimum atomic E-state index is -0.354. The smallest absolute Gasteiger partial charge is 0.338 e. The van der Waals surface area contributed by atoms with E-state index in [1.54, 1.807) is 6.07 Å². The summed E-state index contributed by atoms with van der Waals surface area (Å²) >= 11 is 0. The van der Waals surface area contributed by atoms with Crippen LogP contribution in [0.3, 0.4) is 0 Å². The second kappa shape index (κ2) is 13.0. The first-order valence-corrected chi connectivity index (χ1v) is 10.3. The SMILES string of the molecule is CC.COC(=O)c1ccccc1COc1ccc(CCCOc2ccccc2)cc1. The van der Waals surface area contributed by atoms with E-state index in [2.05, 4.69) is 12.1 Å². The van der Waals surface area contributed by atoms with E-state index in [1.165, 1.54) is 12.7 Å². The number of hydrogen-bond donors (Lipinski definition) is 0. The van der Waals surface area contributed by atoms with Gasteiger partial charge in [0.15, 0.2) is 0 Å². The van der Waals surface area contributed by atoms with E-state index < -0.39 is 0 Å². The van der Waals surface area contributed by atoms with E-state index in [-0.39, 0.29) is 5.97 Å². The molecule has 0 saturated heterocycles. The molecule has 0 amide bonds. The normalized spacial score (nSPS) is 9.83. The van der Waals surface area contributed by atoms with Gasteiger partial charge in [0.1, 0.15) is 18.1 Å². The van der Waals surface area contributed by atoms with Crippen LogP contribution in [0.15, 0.2) is 78.9 Å². The van der Waals surface area contributed by atoms with Crippen LogP contribution in [-0.2, 0) is 17.8 Å². The lowest BCUT2D eigenvalue weighted by Gasteiger charge is -2.10. The van der Waals surface area contributed by atoms with Crippen LogP contribution < -0.4 is 9.47 Å². The molecule has 0 spiro atoms. The van der Waals surface area contributed by atoms with Crippen molar-refractivity contribution < 1.29 is 19.0 Å². The van der Waals surface area contributed by atoms with Gasteiger partial charge in [-0.15, -0.1) is 0 Å². The maximum Gasteiger partial charge on any atom is 0.338 e. The highest BCUT2D eigenvalue weighted by atomic mass is 16.5. The molecule has 158 valence electrons. The fourth-order valence-corrected chi connectivity index (χ4v) is 2.85. The van der Waals surface area contributed by atoms with Crippen LogP contribution in [0.5, 0.6) is 11.5 Å². The lowest BCUT2D eigenvalue weighted by Crippen LogP contribution is -2.07. The van der Waals surface area contributed by atoms with Crippen LogP contribution in [0.2, 0.25) is 0 Å². The number of carbonyl (C=O) groups excluding carboxylic acids is 1. The van der Waals surface area contributed by atoms with Crippen LogP contribution in [0.1, 0.15) is 41.8 Å². The molecule has 0 aliphatic heterocycles. The zero-order valence-electron chi connectivity index (χ0n) is 18.0. The fourth-order valence-electron chi connectivity index (χ4n) is 2.85. The molecule has 0 aliphatic rings. The summed E-state index contributed by atoms with van der Waals surface area (Å²) in [4.78, 5) is 11.8. The number of aryl methyl sites for hydroxylation is 1. The van der Waals surface area contributed by atoms with Gasteiger partial charge in [-0.05, 0) is 48.7 Å². The Morgan fingerprint density at radius 1 is 0.767 bits per heavy atom. The van der Waals surface area contributed by atoms with Gasteiger partial charge in [0.2, 0.25) is 0 Å². The van der Waals surface area contributed by atoms with Crippen LogP contribution in [0, 0.1) is 0 Å². The van der Waals surface area contributed by atoms with Gasteiger partial charge in [-0.1, -0.05) is 62.4 Å². The summed E-state index contributed by atoms with van der Waals surface area (Å²) in [5.41, 5.74) is 2.57. The molecule has 0 atom stereocenters. The van der Waals surface area contributed by atoms with Gasteiger partial charge in [-0.2, -0.15) is 0 Å². The fraction of sp³-hybridized carbons (Fsp3) is 0.269. The Labute approximate surface area is 179 Å². The van der Waals surface area contributed by atoms with Crippen molar-refractivity contribution in [1.29, 1.82) is 0 Å². The highest BCUT2D eigenvalue weighted by molar-refractivity contribution is 5.90. The van der Waals surface area contributed by atoms with Gasteiger partial charge >= 0.3 is 5.97 Å². The number of esters is 1. The van der Waals surface area contributed by atoms with Crippen LogP contribution in [-0.4, -0.2) is 19.7 Å². The highest BCUT2D eigenvalue weighted by Gasteiger charge is 2.11. The van der Waals surface area contributed by atoms with Gasteiger partial charge in [0, 0.05) is 5.56 Å². The predicted octanol–water partition coefficient (Wildman–Crippen LogP) is 6.09. The van der Waals surface area contributed by atoms with Gasteiger partial charge < -0.3 is 14.2 Å². The maximum atomic E-state index is 11.8. The van der Waals surface area contributed by atoms with E-state index >= 15 is 0 Å². The summed E-state index contributed by atoms with van der Waals surface area (Å²) in [6.45, 7) is 5.00. The quantitative estimate of drug-likeness (QED) is 0.319. The Morgan fingerprint density at radius 3 is 2.10 bits per heavy atom. The third-order valence-electron chi connectivity index (χ3n) is 4.36. The number of methoxy groups -OCH3 is 1. The standard InChI is InChI=1S/C24H24O4.C2H6/c1-26-24(25)23-12-6-5-9-20(23)18-28-22-15-13-19(14-16-22)8-7-17-27-21-10-3-2-4-11-21;1-2/h2-6,9-16H,7-8,17-18H2,1H3;1-2H3. The van der Waals surface area contributed by atoms with Crippen molar-refractivity contribution in [1.82, 2.24) is 0 Å². The molecule has 4 heteroatoms. The molecule has 0 fully saturated rings. The molecule has 3 aromatic rings. The molecule has 30 heavy (non-hydrogen) atoms. The molecule has 0 unspecified atom stereocenters. The summed E-state index contributed by atoms with van der Waals surface area (Å²) < 4.78 is 16.4. The van der Waals surface area contributed by atoms with Gasteiger partial charge in [-0.3, -0.25) is 0 Å². The Bertz CT molecular complexity index is 873. The zero-order chi connectivity index (χ0) is 21.6. The molecule has 0 heterocycles. The Hall–Kier alpha value is -3.27. The van der Waals surface area contributed by atoms with Gasteiger partial charge in [-0.25, -0.2) is 4.79 Å². The van der Waals surface area contributed by atoms with Crippen molar-refractivity contribution in [3.05, 3.63) is 95.6 Å². The minimum Gasteiger partial charge on any atom is -0.494 e. The highest BCUT2D eigenvalue weighted by Crippen LogP contribution is 2.18. The first-order chi connectivity index (χ1) is 14.8. The van der Waals surface area contributed by atoms with E-state index in [1.807, 2.05) is 74.5 Å². The number of carbonyl (C=O) groups is 1. The van der Waals surface area contributed by atoms with Gasteiger partial charge in [0.25, 0.3) is 0 Å². The lowest BCUT2D eigenvalue weighted by molar-refractivity contribution is 0.0597. The van der Waals surface area contributed by atoms with Crippen molar-refractivity contribution in [3.63, 3.8) is 0 Å². The first-order valence-electron chi connectivity index (χ1n) is 10.3. The lowest BCUT2D eigenvalue weighted by atomic mass is 10.1. The molecule has 3 rings (SSSR count). The number of rotatable bonds is 9. The van der Waals surface area contributed by atoms with Crippen molar-refractivity contribution in [2.75, 3.05) is 13.7 Å². The van der Waals surface area contributed by atoms with E-state index in [4.69, 9.17) is 14.2 Å². The third kappa shape index (κ3) is 7.28. The number of benzene rings is 3. The monoisotopic (exact) mass is 406 g/mol. The summed E-state index contributed by atoms with van der Waals surface area (Å²) in [6.07, 6.45) is 1.89. The largest absolute Gasteiger partial charge is 0.494 e. The van der Waals surface area contributed by atoms with Crippen molar-refractivity contribution in [2.24, 2.45) is 0 Å². The topological polar surface area (TPSA) is 44.8 Å².